The second kappa shape index (κ2) is 6.69. The van der Waals surface area contributed by atoms with E-state index in [9.17, 15) is 4.79 Å². The van der Waals surface area contributed by atoms with Crippen molar-refractivity contribution in [1.82, 2.24) is 4.98 Å². The summed E-state index contributed by atoms with van der Waals surface area (Å²) in [6.07, 6.45) is 2.70. The van der Waals surface area contributed by atoms with Crippen molar-refractivity contribution < 1.29 is 4.79 Å². The number of nitrogens with zero attached hydrogens (tertiary/aromatic N) is 2. The first-order valence-electron chi connectivity index (χ1n) is 8.09. The van der Waals surface area contributed by atoms with Gasteiger partial charge in [-0.05, 0) is 54.4 Å². The molecule has 1 aliphatic rings. The van der Waals surface area contributed by atoms with Crippen molar-refractivity contribution in [2.45, 2.75) is 6.42 Å². The maximum Gasteiger partial charge on any atom is 0.274 e. The molecule has 1 N–H and O–H groups in total. The second-order valence-corrected chi connectivity index (χ2v) is 6.81. The molecule has 0 unspecified atom stereocenters. The Morgan fingerprint density at radius 2 is 1.88 bits per heavy atom. The number of benzene rings is 2. The quantitative estimate of drug-likeness (QED) is 0.695. The van der Waals surface area contributed by atoms with E-state index in [4.69, 9.17) is 0 Å². The number of anilines is 3. The minimum Gasteiger partial charge on any atom is -0.341 e. The molecular formula is C20H16BrN3O. The summed E-state index contributed by atoms with van der Waals surface area (Å²) in [5.41, 5.74) is 4.67. The van der Waals surface area contributed by atoms with Crippen LogP contribution in [0.1, 0.15) is 16.1 Å². The fraction of sp³-hybridized carbons (Fsp3) is 0.100. The summed E-state index contributed by atoms with van der Waals surface area (Å²) in [5, 5.41) is 2.88. The lowest BCUT2D eigenvalue weighted by molar-refractivity contribution is 0.102. The Kier molecular flexibility index (Phi) is 4.24. The van der Waals surface area contributed by atoms with Crippen molar-refractivity contribution in [2.24, 2.45) is 0 Å². The van der Waals surface area contributed by atoms with Crippen molar-refractivity contribution in [3.8, 4) is 0 Å². The largest absolute Gasteiger partial charge is 0.341 e. The minimum atomic E-state index is -0.211. The molecule has 0 saturated heterocycles. The summed E-state index contributed by atoms with van der Waals surface area (Å²) in [5.74, 6) is -0.211. The van der Waals surface area contributed by atoms with Crippen LogP contribution in [-0.4, -0.2) is 17.4 Å². The number of halogens is 1. The fourth-order valence-corrected chi connectivity index (χ4v) is 3.31. The first-order valence-corrected chi connectivity index (χ1v) is 8.88. The predicted molar refractivity (Wildman–Crippen MR) is 103 cm³/mol. The molecule has 0 saturated carbocycles. The molecule has 1 amide bonds. The van der Waals surface area contributed by atoms with E-state index in [1.54, 1.807) is 6.20 Å². The monoisotopic (exact) mass is 393 g/mol. The number of aromatic nitrogens is 1. The maximum absolute atomic E-state index is 12.5. The van der Waals surface area contributed by atoms with Gasteiger partial charge in [0.25, 0.3) is 5.91 Å². The van der Waals surface area contributed by atoms with E-state index in [1.807, 2.05) is 42.5 Å². The number of carbonyl (C=O) groups is 1. The Hall–Kier alpha value is -2.66. The van der Waals surface area contributed by atoms with E-state index < -0.39 is 0 Å². The van der Waals surface area contributed by atoms with Crippen LogP contribution in [0.5, 0.6) is 0 Å². The minimum absolute atomic E-state index is 0.211. The summed E-state index contributed by atoms with van der Waals surface area (Å²) < 4.78 is 0.971. The highest BCUT2D eigenvalue weighted by Crippen LogP contribution is 2.34. The summed E-state index contributed by atoms with van der Waals surface area (Å²) in [4.78, 5) is 19.0. The van der Waals surface area contributed by atoms with Crippen LogP contribution in [0.25, 0.3) is 0 Å². The third-order valence-corrected chi connectivity index (χ3v) is 4.81. The highest BCUT2D eigenvalue weighted by Gasteiger charge is 2.20. The molecule has 0 bridgehead atoms. The number of hydrogen-bond donors (Lipinski definition) is 1. The predicted octanol–water partition coefficient (Wildman–Crippen LogP) is 4.79. The van der Waals surface area contributed by atoms with E-state index in [2.05, 4.69) is 49.3 Å². The maximum atomic E-state index is 12.5. The third-order valence-electron chi connectivity index (χ3n) is 4.28. The van der Waals surface area contributed by atoms with Gasteiger partial charge in [-0.15, -0.1) is 0 Å². The summed E-state index contributed by atoms with van der Waals surface area (Å²) in [6, 6.07) is 19.6. The zero-order valence-electron chi connectivity index (χ0n) is 13.4. The summed E-state index contributed by atoms with van der Waals surface area (Å²) in [6.45, 7) is 0.914. The number of pyridine rings is 1. The standard InChI is InChI=1S/C20H16BrN3O/c21-15-5-7-16(8-6-15)23-20(25)18-13-17(9-11-22-18)24-12-10-14-3-1-2-4-19(14)24/h1-9,11,13H,10,12H2,(H,23,25). The van der Waals surface area contributed by atoms with Gasteiger partial charge in [-0.1, -0.05) is 34.1 Å². The van der Waals surface area contributed by atoms with Gasteiger partial charge in [-0.3, -0.25) is 9.78 Å². The first-order chi connectivity index (χ1) is 12.2. The lowest BCUT2D eigenvalue weighted by atomic mass is 10.2. The lowest BCUT2D eigenvalue weighted by Gasteiger charge is -2.19. The van der Waals surface area contributed by atoms with Gasteiger partial charge in [0.2, 0.25) is 0 Å². The number of carbonyl (C=O) groups excluding carboxylic acids is 1. The van der Waals surface area contributed by atoms with Crippen LogP contribution in [-0.2, 0) is 6.42 Å². The molecule has 3 aromatic rings. The average molecular weight is 394 g/mol. The van der Waals surface area contributed by atoms with E-state index in [1.165, 1.54) is 11.3 Å². The van der Waals surface area contributed by atoms with E-state index in [-0.39, 0.29) is 5.91 Å². The van der Waals surface area contributed by atoms with Crippen LogP contribution in [0, 0.1) is 0 Å². The summed E-state index contributed by atoms with van der Waals surface area (Å²) >= 11 is 3.39. The Bertz CT molecular complexity index is 924. The Morgan fingerprint density at radius 3 is 2.72 bits per heavy atom. The van der Waals surface area contributed by atoms with Crippen LogP contribution in [0.15, 0.2) is 71.3 Å². The molecule has 5 heteroatoms. The van der Waals surface area contributed by atoms with Gasteiger partial charge in [0.15, 0.2) is 0 Å². The molecule has 0 aliphatic carbocycles. The van der Waals surface area contributed by atoms with Gasteiger partial charge < -0.3 is 10.2 Å². The molecule has 4 rings (SSSR count). The zero-order valence-corrected chi connectivity index (χ0v) is 15.0. The molecule has 0 radical (unpaired) electrons. The van der Waals surface area contributed by atoms with Gasteiger partial charge in [0.05, 0.1) is 0 Å². The van der Waals surface area contributed by atoms with Crippen LogP contribution in [0.2, 0.25) is 0 Å². The SMILES string of the molecule is O=C(Nc1ccc(Br)cc1)c1cc(N2CCc3ccccc32)ccn1. The van der Waals surface area contributed by atoms with Crippen molar-refractivity contribution >= 4 is 38.9 Å². The molecule has 0 fully saturated rings. The molecule has 1 aliphatic heterocycles. The molecular weight excluding hydrogens is 378 g/mol. The Labute approximate surface area is 154 Å². The molecule has 2 heterocycles. The zero-order chi connectivity index (χ0) is 17.2. The lowest BCUT2D eigenvalue weighted by Crippen LogP contribution is -2.17. The van der Waals surface area contributed by atoms with E-state index in [0.29, 0.717) is 5.69 Å². The number of para-hydroxylation sites is 1. The van der Waals surface area contributed by atoms with Gasteiger partial charge in [0.1, 0.15) is 5.69 Å². The van der Waals surface area contributed by atoms with Crippen LogP contribution >= 0.6 is 15.9 Å². The van der Waals surface area contributed by atoms with E-state index in [0.717, 1.165) is 28.8 Å². The summed E-state index contributed by atoms with van der Waals surface area (Å²) in [7, 11) is 0. The molecule has 0 spiro atoms. The van der Waals surface area contributed by atoms with Crippen LogP contribution < -0.4 is 10.2 Å². The number of nitrogens with one attached hydrogen (secondary N) is 1. The highest BCUT2D eigenvalue weighted by molar-refractivity contribution is 9.10. The topological polar surface area (TPSA) is 45.2 Å². The second-order valence-electron chi connectivity index (χ2n) is 5.89. The van der Waals surface area contributed by atoms with E-state index >= 15 is 0 Å². The van der Waals surface area contributed by atoms with Crippen LogP contribution in [0.4, 0.5) is 17.1 Å². The number of hydrogen-bond acceptors (Lipinski definition) is 3. The van der Waals surface area contributed by atoms with Gasteiger partial charge in [-0.2, -0.15) is 0 Å². The highest BCUT2D eigenvalue weighted by atomic mass is 79.9. The normalized spacial score (nSPS) is 12.8. The number of rotatable bonds is 3. The van der Waals surface area contributed by atoms with Crippen molar-refractivity contribution in [2.75, 3.05) is 16.8 Å². The number of fused-ring (bicyclic) bond motifs is 1. The molecule has 4 nitrogen and oxygen atoms in total. The van der Waals surface area contributed by atoms with Gasteiger partial charge in [-0.25, -0.2) is 0 Å². The van der Waals surface area contributed by atoms with Crippen molar-refractivity contribution in [3.63, 3.8) is 0 Å². The molecule has 2 aromatic carbocycles. The first kappa shape index (κ1) is 15.8. The third kappa shape index (κ3) is 3.28. The van der Waals surface area contributed by atoms with Crippen LogP contribution in [0.3, 0.4) is 0 Å². The van der Waals surface area contributed by atoms with Gasteiger partial charge in [0, 0.05) is 34.3 Å². The molecule has 25 heavy (non-hydrogen) atoms. The Balaban J connectivity index is 1.57. The molecule has 1 aromatic heterocycles. The average Bonchev–Trinajstić information content (AvgIpc) is 3.08. The van der Waals surface area contributed by atoms with Gasteiger partial charge >= 0.3 is 0 Å². The van der Waals surface area contributed by atoms with Crippen molar-refractivity contribution in [1.29, 1.82) is 0 Å². The van der Waals surface area contributed by atoms with Crippen molar-refractivity contribution in [3.05, 3.63) is 82.6 Å². The number of amides is 1. The Morgan fingerprint density at radius 1 is 1.08 bits per heavy atom. The fourth-order valence-electron chi connectivity index (χ4n) is 3.05. The molecule has 124 valence electrons. The smallest absolute Gasteiger partial charge is 0.274 e. The molecule has 0 atom stereocenters.